The van der Waals surface area contributed by atoms with Gasteiger partial charge in [0.1, 0.15) is 0 Å². The molecule has 6 aliphatic rings. The van der Waals surface area contributed by atoms with Crippen LogP contribution in [0.4, 0.5) is 26.7 Å². The van der Waals surface area contributed by atoms with Crippen LogP contribution < -0.4 is 6.30 Å². The normalized spacial score (nSPS) is 30.4. The molecule has 0 aromatic heterocycles. The zero-order valence-corrected chi connectivity index (χ0v) is 35.2. The molecule has 3 aromatic rings. The Kier molecular flexibility index (Phi) is 8.73. The van der Waals surface area contributed by atoms with E-state index in [2.05, 4.69) is 24.3 Å². The number of rotatable bonds is 6. The predicted molar refractivity (Wildman–Crippen MR) is 199 cm³/mol. The molecule has 9 rings (SSSR count). The number of carbonyl (C=O) groups excluding carboxylic acids is 2. The van der Waals surface area contributed by atoms with Crippen LogP contribution in [0.15, 0.2) is 87.2 Å². The maximum absolute atomic E-state index is 14.1. The Bertz CT molecular complexity index is 2190. The fourth-order valence-electron chi connectivity index (χ4n) is 10.3. The molecule has 4 aliphatic heterocycles. The van der Waals surface area contributed by atoms with Crippen molar-refractivity contribution in [2.24, 2.45) is 26.4 Å². The molecule has 282 valence electrons. The summed E-state index contributed by atoms with van der Waals surface area (Å²) in [5.41, 5.74) is 3.54. The van der Waals surface area contributed by atoms with Gasteiger partial charge < -0.3 is 0 Å². The van der Waals surface area contributed by atoms with E-state index >= 15 is 0 Å². The summed E-state index contributed by atoms with van der Waals surface area (Å²) in [6, 6.07) is 22.0. The summed E-state index contributed by atoms with van der Waals surface area (Å²) < 4.78 is 41.8. The molecule has 6 atom stereocenters. The number of para-hydroxylation sites is 2. The summed E-state index contributed by atoms with van der Waals surface area (Å²) in [6.07, 6.45) is 2.44. The topological polar surface area (TPSA) is 149 Å². The number of benzene rings is 3. The van der Waals surface area contributed by atoms with Crippen molar-refractivity contribution in [2.45, 2.75) is 77.4 Å². The van der Waals surface area contributed by atoms with Gasteiger partial charge in [0.2, 0.25) is 0 Å². The number of nitrogens with zero attached hydrogens (tertiary/aromatic N) is 8. The summed E-state index contributed by atoms with van der Waals surface area (Å²) in [5.74, 6) is 0.344. The molecule has 14 nitrogen and oxygen atoms in total. The predicted octanol–water partition coefficient (Wildman–Crippen LogP) is 6.90. The van der Waals surface area contributed by atoms with E-state index in [0.29, 0.717) is 43.2 Å². The number of anilines is 2. The Hall–Kier alpha value is -3.82. The van der Waals surface area contributed by atoms with Gasteiger partial charge in [-0.1, -0.05) is 0 Å². The van der Waals surface area contributed by atoms with Crippen LogP contribution in [0.1, 0.15) is 54.4 Å². The molecular formula is C38H42N8O6Te2. The minimum absolute atomic E-state index is 0.337. The summed E-state index contributed by atoms with van der Waals surface area (Å²) in [5, 5.41) is 20.8. The zero-order valence-electron chi connectivity index (χ0n) is 30.6. The summed E-state index contributed by atoms with van der Waals surface area (Å²) in [6.45, 7) is 0.694. The van der Waals surface area contributed by atoms with Gasteiger partial charge in [-0.2, -0.15) is 0 Å². The van der Waals surface area contributed by atoms with Crippen molar-refractivity contribution in [3.8, 4) is 0 Å². The van der Waals surface area contributed by atoms with E-state index in [1.54, 1.807) is 19.7 Å². The van der Waals surface area contributed by atoms with Crippen LogP contribution in [0.5, 0.6) is 0 Å². The van der Waals surface area contributed by atoms with E-state index in [-0.39, 0.29) is 0 Å². The van der Waals surface area contributed by atoms with Crippen molar-refractivity contribution in [3.63, 3.8) is 0 Å². The fourth-order valence-corrected chi connectivity index (χ4v) is 16.1. The molecule has 16 heteroatoms. The minimum atomic E-state index is -3.37. The van der Waals surface area contributed by atoms with Crippen molar-refractivity contribution in [3.05, 3.63) is 89.0 Å². The summed E-state index contributed by atoms with van der Waals surface area (Å²) in [4.78, 5) is 33.3. The number of carbonyl (C=O) groups is 2. The first-order valence-corrected chi connectivity index (χ1v) is 26.9. The van der Waals surface area contributed by atoms with Crippen molar-refractivity contribution in [1.29, 1.82) is 0 Å². The van der Waals surface area contributed by atoms with Gasteiger partial charge in [0.15, 0.2) is 0 Å². The molecular weight excluding hydrogens is 920 g/mol. The van der Waals surface area contributed by atoms with Crippen molar-refractivity contribution < 1.29 is 25.3 Å². The van der Waals surface area contributed by atoms with Gasteiger partial charge in [-0.15, -0.1) is 0 Å². The number of hydrogen-bond acceptors (Lipinski definition) is 10. The van der Waals surface area contributed by atoms with E-state index in [9.17, 15) is 15.8 Å². The monoisotopic (exact) mass is 966 g/mol. The first kappa shape index (κ1) is 35.9. The number of fused-ring (bicyclic) bond motifs is 9. The number of azo groups is 2. The molecule has 0 bridgehead atoms. The number of methoxy groups -OCH3 is 2. The first-order chi connectivity index (χ1) is 26.1. The fraction of sp³-hybridized carbons (Fsp3) is 0.474. The molecule has 0 N–H and O–H groups in total. The van der Waals surface area contributed by atoms with Crippen molar-refractivity contribution in [2.75, 3.05) is 33.6 Å². The Morgan fingerprint density at radius 3 is 1.98 bits per heavy atom. The Labute approximate surface area is 328 Å². The van der Waals surface area contributed by atoms with Gasteiger partial charge in [-0.05, 0) is 0 Å². The molecule has 1 saturated carbocycles. The van der Waals surface area contributed by atoms with E-state index < -0.39 is 80.7 Å². The second-order valence-electron chi connectivity index (χ2n) is 14.9. The second-order valence-corrected chi connectivity index (χ2v) is 22.0. The van der Waals surface area contributed by atoms with Gasteiger partial charge in [0, 0.05) is 0 Å². The third-order valence-corrected chi connectivity index (χ3v) is 17.9. The van der Waals surface area contributed by atoms with Crippen molar-refractivity contribution in [1.82, 2.24) is 9.80 Å². The van der Waals surface area contributed by atoms with Gasteiger partial charge in [-0.3, -0.25) is 0 Å². The Balaban J connectivity index is 1.20. The quantitative estimate of drug-likeness (QED) is 0.192. The van der Waals surface area contributed by atoms with Gasteiger partial charge in [0.05, 0.1) is 0 Å². The molecule has 4 heterocycles. The van der Waals surface area contributed by atoms with E-state index in [0.717, 1.165) is 42.5 Å². The zero-order chi connectivity index (χ0) is 37.6. The summed E-state index contributed by atoms with van der Waals surface area (Å²) >= 11 is -6.50. The van der Waals surface area contributed by atoms with Crippen LogP contribution >= 0.6 is 0 Å². The average Bonchev–Trinajstić information content (AvgIpc) is 4.00. The standard InChI is InChI=1S/C38H42N8O6Te2/c1-51-34(47)43-21-19-37(27-14-7-8-17-30(27)45(32(37)43)53(3)49)40-39-29-16-9-15-28-31(29)46(54(4)50)33-38(28,20-22-44(33)35(48)52-2)42-41-36-18-10-12-25(36)23-24-11-5-6-13-26(24)36/h5-9,11,13-17,25,32-33H,10,12,18-23H2,1-4H3/t25-,32+,33+,36+,37+,38+/m1/s1. The van der Waals surface area contributed by atoms with E-state index in [1.807, 2.05) is 48.8 Å². The molecule has 0 spiro atoms. The second kappa shape index (κ2) is 13.1. The van der Waals surface area contributed by atoms with Crippen LogP contribution in [0, 0.1) is 5.92 Å². The molecule has 3 fully saturated rings. The molecule has 0 unspecified atom stereocenters. The molecule has 2 amide bonds. The van der Waals surface area contributed by atoms with Crippen LogP contribution in [0.25, 0.3) is 0 Å². The summed E-state index contributed by atoms with van der Waals surface area (Å²) in [7, 11) is 2.70. The molecule has 2 aliphatic carbocycles. The first-order valence-electron chi connectivity index (χ1n) is 18.2. The Morgan fingerprint density at radius 2 is 1.30 bits per heavy atom. The van der Waals surface area contributed by atoms with Crippen LogP contribution in [0.3, 0.4) is 0 Å². The average molecular weight is 962 g/mol. The third kappa shape index (κ3) is 4.88. The number of ether oxygens (including phenoxy) is 2. The van der Waals surface area contributed by atoms with Crippen molar-refractivity contribution >= 4 is 68.9 Å². The molecule has 2 saturated heterocycles. The van der Waals surface area contributed by atoms with Gasteiger partial charge in [-0.25, -0.2) is 0 Å². The van der Waals surface area contributed by atoms with Crippen LogP contribution in [0.2, 0.25) is 9.94 Å². The van der Waals surface area contributed by atoms with Crippen LogP contribution in [-0.2, 0) is 38.7 Å². The van der Waals surface area contributed by atoms with E-state index in [4.69, 9.17) is 29.9 Å². The molecule has 0 radical (unpaired) electrons. The number of hydrogen-bond donors (Lipinski definition) is 0. The van der Waals surface area contributed by atoms with Gasteiger partial charge in [0.25, 0.3) is 0 Å². The third-order valence-electron chi connectivity index (χ3n) is 12.5. The SMILES string of the molecule is COC(=O)N1CC[C@]2(N=Nc3cccc4c3N([Te](C)=O)[C@@H]3N(C(=O)OC)CC[C@]43N=N[C@@]34CCC[C@@H]3Cc3ccccc34)c3ccccc3N([Te](C)=O)[C@H]12. The van der Waals surface area contributed by atoms with Crippen LogP contribution in [-0.4, -0.2) is 101 Å². The maximum atomic E-state index is 14.1. The number of likely N-dealkylation sites (tertiary alicyclic amines) is 2. The Morgan fingerprint density at radius 1 is 0.704 bits per heavy atom. The molecule has 54 heavy (non-hydrogen) atoms. The van der Waals surface area contributed by atoms with E-state index in [1.165, 1.54) is 25.3 Å². The van der Waals surface area contributed by atoms with Gasteiger partial charge >= 0.3 is 330 Å². The molecule has 3 aromatic carbocycles. The number of amides is 2.